The molecule has 10 heteroatoms. The molecule has 3 aliphatic rings. The van der Waals surface area contributed by atoms with Gasteiger partial charge in [-0.3, -0.25) is 19.3 Å². The number of morpholine rings is 1. The zero-order valence-corrected chi connectivity index (χ0v) is 17.9. The van der Waals surface area contributed by atoms with E-state index >= 15 is 0 Å². The van der Waals surface area contributed by atoms with E-state index in [-0.39, 0.29) is 46.4 Å². The number of fused-ring (bicyclic) bond motifs is 1. The molecule has 8 nitrogen and oxygen atoms in total. The highest BCUT2D eigenvalue weighted by atomic mass is 35.5. The fourth-order valence-electron chi connectivity index (χ4n) is 4.52. The maximum atomic E-state index is 13.4. The normalized spacial score (nSPS) is 26.3. The minimum Gasteiger partial charge on any atom is -0.378 e. The SMILES string of the molecule is O=C(N[C@@H]1C[C@H]2C(=O)NC[C@@H](CCC(=O)N3CCOCC3)N2C1)c1ccc(F)c(Cl)c1. The van der Waals surface area contributed by atoms with E-state index in [1.165, 1.54) is 12.1 Å². The van der Waals surface area contributed by atoms with Crippen LogP contribution in [-0.2, 0) is 14.3 Å². The molecule has 0 unspecified atom stereocenters. The van der Waals surface area contributed by atoms with E-state index in [9.17, 15) is 18.8 Å². The first-order valence-corrected chi connectivity index (χ1v) is 10.9. The van der Waals surface area contributed by atoms with Crippen LogP contribution in [-0.4, -0.2) is 85.0 Å². The van der Waals surface area contributed by atoms with Gasteiger partial charge in [-0.1, -0.05) is 11.6 Å². The maximum absolute atomic E-state index is 13.4. The van der Waals surface area contributed by atoms with Gasteiger partial charge < -0.3 is 20.3 Å². The van der Waals surface area contributed by atoms with Crippen LogP contribution in [0.3, 0.4) is 0 Å². The van der Waals surface area contributed by atoms with E-state index in [1.54, 1.807) is 0 Å². The lowest BCUT2D eigenvalue weighted by molar-refractivity contribution is -0.136. The lowest BCUT2D eigenvalue weighted by Gasteiger charge is -2.37. The number of halogens is 2. The van der Waals surface area contributed by atoms with Crippen molar-refractivity contribution in [1.29, 1.82) is 0 Å². The molecule has 168 valence electrons. The third-order valence-corrected chi connectivity index (χ3v) is 6.48. The van der Waals surface area contributed by atoms with Crippen molar-refractivity contribution in [2.45, 2.75) is 37.4 Å². The highest BCUT2D eigenvalue weighted by molar-refractivity contribution is 6.31. The predicted molar refractivity (Wildman–Crippen MR) is 111 cm³/mol. The standard InChI is InChI=1S/C21H26ClFN4O4/c22-16-9-13(1-3-17(16)23)20(29)25-14-10-18-21(30)24-11-15(27(18)12-14)2-4-19(28)26-5-7-31-8-6-26/h1,3,9,14-15,18H,2,4-8,10-12H2,(H,24,30)(H,25,29)/t14-,15-,18+/m1/s1. The number of nitrogens with one attached hydrogen (secondary N) is 2. The summed E-state index contributed by atoms with van der Waals surface area (Å²) in [5.41, 5.74) is 0.272. The fraction of sp³-hybridized carbons (Fsp3) is 0.571. The molecule has 3 atom stereocenters. The summed E-state index contributed by atoms with van der Waals surface area (Å²) in [5, 5.41) is 5.74. The Balaban J connectivity index is 1.34. The number of piperazine rings is 1. The fourth-order valence-corrected chi connectivity index (χ4v) is 4.70. The van der Waals surface area contributed by atoms with E-state index in [4.69, 9.17) is 16.3 Å². The molecule has 31 heavy (non-hydrogen) atoms. The number of hydrogen-bond acceptors (Lipinski definition) is 5. The first kappa shape index (κ1) is 22.0. The summed E-state index contributed by atoms with van der Waals surface area (Å²) < 4.78 is 18.6. The highest BCUT2D eigenvalue weighted by Gasteiger charge is 2.43. The van der Waals surface area contributed by atoms with Crippen molar-refractivity contribution in [2.24, 2.45) is 0 Å². The van der Waals surface area contributed by atoms with Gasteiger partial charge in [0.15, 0.2) is 0 Å². The third-order valence-electron chi connectivity index (χ3n) is 6.20. The molecule has 2 N–H and O–H groups in total. The number of nitrogens with zero attached hydrogens (tertiary/aromatic N) is 2. The van der Waals surface area contributed by atoms with Crippen molar-refractivity contribution < 1.29 is 23.5 Å². The average Bonchev–Trinajstić information content (AvgIpc) is 3.20. The van der Waals surface area contributed by atoms with Crippen LogP contribution in [0.5, 0.6) is 0 Å². The van der Waals surface area contributed by atoms with Crippen LogP contribution < -0.4 is 10.6 Å². The highest BCUT2D eigenvalue weighted by Crippen LogP contribution is 2.26. The maximum Gasteiger partial charge on any atom is 0.251 e. The summed E-state index contributed by atoms with van der Waals surface area (Å²) in [6.45, 7) is 3.39. The molecule has 0 saturated carbocycles. The van der Waals surface area contributed by atoms with Gasteiger partial charge in [-0.25, -0.2) is 4.39 Å². The Labute approximate surface area is 185 Å². The van der Waals surface area contributed by atoms with E-state index in [0.717, 1.165) is 6.07 Å². The van der Waals surface area contributed by atoms with Crippen molar-refractivity contribution in [3.63, 3.8) is 0 Å². The quantitative estimate of drug-likeness (QED) is 0.689. The molecular formula is C21H26ClFN4O4. The van der Waals surface area contributed by atoms with Gasteiger partial charge in [0.25, 0.3) is 5.91 Å². The van der Waals surface area contributed by atoms with Crippen LogP contribution in [0.15, 0.2) is 18.2 Å². The van der Waals surface area contributed by atoms with Crippen LogP contribution in [0.4, 0.5) is 4.39 Å². The van der Waals surface area contributed by atoms with Crippen LogP contribution in [0.1, 0.15) is 29.6 Å². The van der Waals surface area contributed by atoms with E-state index in [2.05, 4.69) is 15.5 Å². The summed E-state index contributed by atoms with van der Waals surface area (Å²) in [7, 11) is 0. The van der Waals surface area contributed by atoms with E-state index in [1.807, 2.05) is 4.90 Å². The molecule has 3 fully saturated rings. The third kappa shape index (κ3) is 4.99. The minimum absolute atomic E-state index is 0.0369. The Morgan fingerprint density at radius 3 is 2.81 bits per heavy atom. The molecule has 3 amide bonds. The van der Waals surface area contributed by atoms with E-state index in [0.29, 0.717) is 58.7 Å². The number of carbonyl (C=O) groups excluding carboxylic acids is 3. The van der Waals surface area contributed by atoms with Crippen LogP contribution in [0.25, 0.3) is 0 Å². The first-order chi connectivity index (χ1) is 14.9. The van der Waals surface area contributed by atoms with Gasteiger partial charge in [0.1, 0.15) is 5.82 Å². The first-order valence-electron chi connectivity index (χ1n) is 10.6. The number of carbonyl (C=O) groups is 3. The van der Waals surface area contributed by atoms with Gasteiger partial charge in [-0.15, -0.1) is 0 Å². The Kier molecular flexibility index (Phi) is 6.74. The summed E-state index contributed by atoms with van der Waals surface area (Å²) in [6, 6.07) is 3.31. The molecule has 0 bridgehead atoms. The van der Waals surface area contributed by atoms with Gasteiger partial charge in [0, 0.05) is 50.2 Å². The van der Waals surface area contributed by atoms with Gasteiger partial charge in [-0.05, 0) is 31.0 Å². The molecule has 4 rings (SSSR count). The molecule has 1 aromatic rings. The molecule has 3 heterocycles. The van der Waals surface area contributed by atoms with Crippen LogP contribution in [0, 0.1) is 5.82 Å². The summed E-state index contributed by atoms with van der Waals surface area (Å²) in [4.78, 5) is 41.3. The number of ether oxygens (including phenoxy) is 1. The molecule has 0 aromatic heterocycles. The Morgan fingerprint density at radius 1 is 1.29 bits per heavy atom. The molecule has 3 aliphatic heterocycles. The van der Waals surface area contributed by atoms with Crippen molar-refractivity contribution >= 4 is 29.3 Å². The second kappa shape index (κ2) is 9.50. The lowest BCUT2D eigenvalue weighted by atomic mass is 10.0. The predicted octanol–water partition coefficient (Wildman–Crippen LogP) is 0.789. The second-order valence-corrected chi connectivity index (χ2v) is 8.59. The van der Waals surface area contributed by atoms with Crippen molar-refractivity contribution in [1.82, 2.24) is 20.4 Å². The molecule has 0 aliphatic carbocycles. The van der Waals surface area contributed by atoms with Gasteiger partial charge >= 0.3 is 0 Å². The lowest BCUT2D eigenvalue weighted by Crippen LogP contribution is -2.58. The number of benzene rings is 1. The summed E-state index contributed by atoms with van der Waals surface area (Å²) in [6.07, 6.45) is 1.54. The average molecular weight is 453 g/mol. The van der Waals surface area contributed by atoms with Crippen LogP contribution >= 0.6 is 11.6 Å². The number of amides is 3. The molecule has 3 saturated heterocycles. The smallest absolute Gasteiger partial charge is 0.251 e. The summed E-state index contributed by atoms with van der Waals surface area (Å²) >= 11 is 5.77. The molecular weight excluding hydrogens is 427 g/mol. The number of hydrogen-bond donors (Lipinski definition) is 2. The van der Waals surface area contributed by atoms with Crippen molar-refractivity contribution in [2.75, 3.05) is 39.4 Å². The van der Waals surface area contributed by atoms with Gasteiger partial charge in [0.05, 0.1) is 24.3 Å². The van der Waals surface area contributed by atoms with E-state index < -0.39 is 5.82 Å². The monoisotopic (exact) mass is 452 g/mol. The topological polar surface area (TPSA) is 91.0 Å². The Morgan fingerprint density at radius 2 is 2.06 bits per heavy atom. The minimum atomic E-state index is -0.581. The second-order valence-electron chi connectivity index (χ2n) is 8.18. The van der Waals surface area contributed by atoms with Gasteiger partial charge in [0.2, 0.25) is 11.8 Å². The van der Waals surface area contributed by atoms with Gasteiger partial charge in [-0.2, -0.15) is 0 Å². The van der Waals surface area contributed by atoms with Crippen molar-refractivity contribution in [3.05, 3.63) is 34.6 Å². The molecule has 0 radical (unpaired) electrons. The Hall–Kier alpha value is -2.23. The van der Waals surface area contributed by atoms with Crippen molar-refractivity contribution in [3.8, 4) is 0 Å². The molecule has 1 aromatic carbocycles. The molecule has 0 spiro atoms. The van der Waals surface area contributed by atoms with Crippen LogP contribution in [0.2, 0.25) is 5.02 Å². The summed E-state index contributed by atoms with van der Waals surface area (Å²) in [5.74, 6) is -0.889. The zero-order chi connectivity index (χ0) is 22.0. The number of rotatable bonds is 5. The Bertz CT molecular complexity index is 864. The zero-order valence-electron chi connectivity index (χ0n) is 17.1. The largest absolute Gasteiger partial charge is 0.378 e.